The van der Waals surface area contributed by atoms with Crippen LogP contribution in [0, 0.1) is 5.92 Å². The van der Waals surface area contributed by atoms with E-state index in [1.165, 1.54) is 56.6 Å². The Kier molecular flexibility index (Phi) is 13.0. The summed E-state index contributed by atoms with van der Waals surface area (Å²) < 4.78 is 10.0. The van der Waals surface area contributed by atoms with Crippen LogP contribution in [0.1, 0.15) is 48.5 Å². The van der Waals surface area contributed by atoms with Gasteiger partial charge in [-0.25, -0.2) is 9.59 Å². The second-order valence-electron chi connectivity index (χ2n) is 9.24. The van der Waals surface area contributed by atoms with E-state index in [0.29, 0.717) is 0 Å². The summed E-state index contributed by atoms with van der Waals surface area (Å²) in [4.78, 5) is 64.5. The summed E-state index contributed by atoms with van der Waals surface area (Å²) in [6.07, 6.45) is -0.757. The lowest BCUT2D eigenvalue weighted by atomic mass is 10.0. The van der Waals surface area contributed by atoms with Gasteiger partial charge in [-0.1, -0.05) is 13.8 Å². The predicted octanol–water partition coefficient (Wildman–Crippen LogP) is 1.21. The summed E-state index contributed by atoms with van der Waals surface area (Å²) in [6.45, 7) is 11.5. The summed E-state index contributed by atoms with van der Waals surface area (Å²) in [5, 5.41) is 5.10. The second-order valence-corrected chi connectivity index (χ2v) is 10.3. The van der Waals surface area contributed by atoms with Crippen molar-refractivity contribution in [2.75, 3.05) is 32.8 Å². The number of alkyl carbamates (subject to hydrolysis) is 1. The highest BCUT2D eigenvalue weighted by Gasteiger charge is 2.37. The van der Waals surface area contributed by atoms with Gasteiger partial charge < -0.3 is 29.9 Å². The Morgan fingerprint density at radius 1 is 0.971 bits per heavy atom. The first-order valence-electron chi connectivity index (χ1n) is 11.0. The van der Waals surface area contributed by atoms with Gasteiger partial charge >= 0.3 is 12.1 Å². The van der Waals surface area contributed by atoms with E-state index < -0.39 is 47.6 Å². The Bertz CT molecular complexity index is 739. The molecular formula is C22H40N4O7S. The number of carbonyl (C=O) groups is 5. The number of methoxy groups -OCH3 is 1. The number of hydrogen-bond donors (Lipinski definition) is 2. The van der Waals surface area contributed by atoms with Crippen LogP contribution in [0.15, 0.2) is 0 Å². The number of hydrogen-bond acceptors (Lipinski definition) is 8. The van der Waals surface area contributed by atoms with Crippen LogP contribution < -0.4 is 10.6 Å². The lowest BCUT2D eigenvalue weighted by Crippen LogP contribution is -2.58. The van der Waals surface area contributed by atoms with Gasteiger partial charge in [-0.2, -0.15) is 0 Å². The minimum absolute atomic E-state index is 0.150. The molecule has 4 amide bonds. The molecule has 0 radical (unpaired) electrons. The van der Waals surface area contributed by atoms with Crippen LogP contribution in [0.2, 0.25) is 0 Å². The van der Waals surface area contributed by atoms with Crippen LogP contribution in [-0.2, 0) is 28.7 Å². The Hall–Kier alpha value is -2.50. The molecule has 12 heteroatoms. The van der Waals surface area contributed by atoms with E-state index in [-0.39, 0.29) is 23.5 Å². The summed E-state index contributed by atoms with van der Waals surface area (Å²) >= 11 is 1.25. The number of ether oxygens (including phenoxy) is 2. The molecule has 196 valence electrons. The van der Waals surface area contributed by atoms with Crippen molar-refractivity contribution < 1.29 is 33.4 Å². The van der Waals surface area contributed by atoms with Crippen molar-refractivity contribution in [3.63, 3.8) is 0 Å². The third-order valence-corrected chi connectivity index (χ3v) is 5.64. The van der Waals surface area contributed by atoms with Crippen molar-refractivity contribution in [1.29, 1.82) is 0 Å². The third kappa shape index (κ3) is 10.6. The molecule has 0 unspecified atom stereocenters. The lowest BCUT2D eigenvalue weighted by Gasteiger charge is -2.36. The summed E-state index contributed by atoms with van der Waals surface area (Å²) in [7, 11) is 4.18. The first-order valence-corrected chi connectivity index (χ1v) is 12.1. The molecule has 0 saturated carbocycles. The number of likely N-dealkylation sites (N-methyl/N-ethyl adjacent to an activating group) is 2. The Balaban J connectivity index is 5.69. The van der Waals surface area contributed by atoms with Gasteiger partial charge in [-0.15, -0.1) is 11.8 Å². The molecule has 2 N–H and O–H groups in total. The smallest absolute Gasteiger partial charge is 0.408 e. The largest absolute Gasteiger partial charge is 0.467 e. The number of nitrogens with one attached hydrogen (secondary N) is 2. The number of nitrogens with zero attached hydrogens (tertiary/aromatic N) is 2. The van der Waals surface area contributed by atoms with Gasteiger partial charge in [0.2, 0.25) is 17.7 Å². The van der Waals surface area contributed by atoms with Crippen LogP contribution in [0.25, 0.3) is 0 Å². The molecule has 0 aromatic carbocycles. The van der Waals surface area contributed by atoms with Gasteiger partial charge in [0.15, 0.2) is 0 Å². The highest BCUT2D eigenvalue weighted by atomic mass is 32.2. The van der Waals surface area contributed by atoms with E-state index >= 15 is 0 Å². The van der Waals surface area contributed by atoms with Crippen molar-refractivity contribution >= 4 is 41.5 Å². The molecular weight excluding hydrogens is 464 g/mol. The molecule has 0 saturated heterocycles. The van der Waals surface area contributed by atoms with Gasteiger partial charge in [-0.05, 0) is 33.6 Å². The molecule has 0 aliphatic carbocycles. The van der Waals surface area contributed by atoms with E-state index in [9.17, 15) is 24.0 Å². The minimum Gasteiger partial charge on any atom is -0.467 e. The van der Waals surface area contributed by atoms with Gasteiger partial charge in [0, 0.05) is 26.8 Å². The fourth-order valence-electron chi connectivity index (χ4n) is 3.05. The monoisotopic (exact) mass is 504 g/mol. The van der Waals surface area contributed by atoms with Gasteiger partial charge in [0.05, 0.1) is 13.0 Å². The zero-order chi connectivity index (χ0) is 26.8. The molecule has 34 heavy (non-hydrogen) atoms. The van der Waals surface area contributed by atoms with Crippen LogP contribution >= 0.6 is 11.8 Å². The molecule has 0 fully saturated rings. The molecule has 0 aromatic rings. The molecule has 0 rings (SSSR count). The highest BCUT2D eigenvalue weighted by Crippen LogP contribution is 2.17. The molecule has 0 heterocycles. The maximum Gasteiger partial charge on any atom is 0.408 e. The fraction of sp³-hybridized carbons (Fsp3) is 0.773. The number of esters is 1. The number of rotatable bonds is 11. The zero-order valence-electron chi connectivity index (χ0n) is 21.9. The molecule has 11 nitrogen and oxygen atoms in total. The molecule has 0 aliphatic heterocycles. The molecule has 0 spiro atoms. The molecule has 3 atom stereocenters. The van der Waals surface area contributed by atoms with Gasteiger partial charge in [0.1, 0.15) is 23.7 Å². The van der Waals surface area contributed by atoms with Gasteiger partial charge in [-0.3, -0.25) is 14.4 Å². The quantitative estimate of drug-likeness (QED) is 0.244. The molecule has 0 bridgehead atoms. The number of thioether (sulfide) groups is 1. The summed E-state index contributed by atoms with van der Waals surface area (Å²) in [5.41, 5.74) is -0.736. The van der Waals surface area contributed by atoms with Crippen molar-refractivity contribution in [1.82, 2.24) is 20.4 Å². The van der Waals surface area contributed by atoms with Crippen molar-refractivity contribution in [2.45, 2.75) is 72.2 Å². The normalized spacial score (nSPS) is 13.9. The molecule has 0 aliphatic rings. The van der Waals surface area contributed by atoms with E-state index in [1.807, 2.05) is 0 Å². The zero-order valence-corrected chi connectivity index (χ0v) is 22.7. The predicted molar refractivity (Wildman–Crippen MR) is 130 cm³/mol. The van der Waals surface area contributed by atoms with Crippen molar-refractivity contribution in [3.05, 3.63) is 0 Å². The minimum atomic E-state index is -0.970. The summed E-state index contributed by atoms with van der Waals surface area (Å²) in [5.74, 6) is -1.63. The van der Waals surface area contributed by atoms with Crippen LogP contribution in [0.5, 0.6) is 0 Å². The Morgan fingerprint density at radius 2 is 1.53 bits per heavy atom. The van der Waals surface area contributed by atoms with Gasteiger partial charge in [0.25, 0.3) is 0 Å². The first kappa shape index (κ1) is 31.5. The van der Waals surface area contributed by atoms with E-state index in [1.54, 1.807) is 34.6 Å². The lowest BCUT2D eigenvalue weighted by molar-refractivity contribution is -0.156. The first-order chi connectivity index (χ1) is 15.5. The Morgan fingerprint density at radius 3 is 1.97 bits per heavy atom. The van der Waals surface area contributed by atoms with Crippen molar-refractivity contribution in [2.24, 2.45) is 5.92 Å². The maximum atomic E-state index is 13.4. The fourth-order valence-corrected chi connectivity index (χ4v) is 4.06. The van der Waals surface area contributed by atoms with Crippen LogP contribution in [0.4, 0.5) is 4.79 Å². The second kappa shape index (κ2) is 14.0. The summed E-state index contributed by atoms with van der Waals surface area (Å²) in [6, 6.07) is -2.78. The number of carbonyl (C=O) groups excluding carboxylic acids is 5. The topological polar surface area (TPSA) is 134 Å². The molecule has 0 aromatic heterocycles. The maximum absolute atomic E-state index is 13.4. The standard InChI is InChI=1S/C22H40N4O7S/c1-13(2)17(20(30)32-10)26(9)19(29)16(11-34-12-23-15(4)27)25(8)18(28)14(3)24-21(31)33-22(5,6)7/h13-14,16-17H,11-12H2,1-10H3,(H,23,27)(H,24,31)/t14-,16-,17-/m0/s1. The van der Waals surface area contributed by atoms with Crippen molar-refractivity contribution in [3.8, 4) is 0 Å². The highest BCUT2D eigenvalue weighted by molar-refractivity contribution is 7.99. The SMILES string of the molecule is COC(=O)[C@H](C(C)C)N(C)C(=O)[C@H](CSCNC(C)=O)N(C)C(=O)[C@H](C)NC(=O)OC(C)(C)C. The van der Waals surface area contributed by atoms with E-state index in [2.05, 4.69) is 10.6 Å². The van der Waals surface area contributed by atoms with Crippen LogP contribution in [0.3, 0.4) is 0 Å². The van der Waals surface area contributed by atoms with Crippen LogP contribution in [-0.4, -0.2) is 96.1 Å². The average molecular weight is 505 g/mol. The average Bonchev–Trinajstić information content (AvgIpc) is 2.70. The third-order valence-electron chi connectivity index (χ3n) is 4.74. The van der Waals surface area contributed by atoms with E-state index in [0.717, 1.165) is 0 Å². The number of amides is 4. The Labute approximate surface area is 206 Å². The van der Waals surface area contributed by atoms with E-state index in [4.69, 9.17) is 9.47 Å².